The van der Waals surface area contributed by atoms with E-state index in [2.05, 4.69) is 19.2 Å². The summed E-state index contributed by atoms with van der Waals surface area (Å²) in [5.41, 5.74) is 0. The number of nitrogens with one attached hydrogen (secondary N) is 1. The summed E-state index contributed by atoms with van der Waals surface area (Å²) in [6.45, 7) is 8.12. The predicted molar refractivity (Wildman–Crippen MR) is 54.8 cm³/mol. The van der Waals surface area contributed by atoms with E-state index < -0.39 is 0 Å². The Morgan fingerprint density at radius 2 is 2.00 bits per heavy atom. The molecule has 0 aliphatic rings. The molecule has 0 heterocycles. The van der Waals surface area contributed by atoms with Crippen molar-refractivity contribution in [3.63, 3.8) is 0 Å². The zero-order valence-electron chi connectivity index (χ0n) is 8.88. The number of hydrogen-bond donors (Lipinski definition) is 2. The molecule has 80 valence electrons. The maximum Gasteiger partial charge on any atom is 0.0591 e. The van der Waals surface area contributed by atoms with E-state index in [4.69, 9.17) is 9.84 Å². The van der Waals surface area contributed by atoms with Crippen LogP contribution in [-0.2, 0) is 4.74 Å². The summed E-state index contributed by atoms with van der Waals surface area (Å²) in [5.74, 6) is 0.620. The van der Waals surface area contributed by atoms with Gasteiger partial charge in [-0.15, -0.1) is 0 Å². The molecule has 0 spiro atoms. The molecule has 0 aromatic rings. The van der Waals surface area contributed by atoms with Crippen LogP contribution in [0.1, 0.15) is 26.7 Å². The van der Waals surface area contributed by atoms with Gasteiger partial charge in [0, 0.05) is 19.8 Å². The minimum atomic E-state index is 0.297. The quantitative estimate of drug-likeness (QED) is 0.532. The molecule has 0 radical (unpaired) electrons. The van der Waals surface area contributed by atoms with Gasteiger partial charge in [0.1, 0.15) is 0 Å². The van der Waals surface area contributed by atoms with Crippen LogP contribution in [0.4, 0.5) is 0 Å². The number of ether oxygens (including phenoxy) is 1. The van der Waals surface area contributed by atoms with Crippen molar-refractivity contribution in [2.75, 3.05) is 32.9 Å². The molecular formula is C10H23NO2. The van der Waals surface area contributed by atoms with E-state index in [9.17, 15) is 0 Å². The number of hydrogen-bond acceptors (Lipinski definition) is 3. The summed E-state index contributed by atoms with van der Waals surface area (Å²) in [4.78, 5) is 0. The standard InChI is InChI=1S/C10H23NO2/c1-10(2)9-13-8-6-11-5-3-4-7-12/h10-12H,3-9H2,1-2H3. The van der Waals surface area contributed by atoms with E-state index >= 15 is 0 Å². The van der Waals surface area contributed by atoms with E-state index in [1.54, 1.807) is 0 Å². The van der Waals surface area contributed by atoms with Crippen molar-refractivity contribution in [1.29, 1.82) is 0 Å². The van der Waals surface area contributed by atoms with Crippen LogP contribution in [-0.4, -0.2) is 38.0 Å². The Morgan fingerprint density at radius 1 is 1.23 bits per heavy atom. The van der Waals surface area contributed by atoms with Crippen LogP contribution in [0.5, 0.6) is 0 Å². The normalized spacial score (nSPS) is 11.1. The lowest BCUT2D eigenvalue weighted by Crippen LogP contribution is -2.21. The summed E-state index contributed by atoms with van der Waals surface area (Å²) in [6.07, 6.45) is 1.93. The summed E-state index contributed by atoms with van der Waals surface area (Å²) in [5, 5.41) is 11.8. The summed E-state index contributed by atoms with van der Waals surface area (Å²) in [7, 11) is 0. The maximum absolute atomic E-state index is 8.52. The second kappa shape index (κ2) is 9.96. The fourth-order valence-corrected chi connectivity index (χ4v) is 0.950. The highest BCUT2D eigenvalue weighted by Crippen LogP contribution is 1.91. The fraction of sp³-hybridized carbons (Fsp3) is 1.00. The maximum atomic E-state index is 8.52. The summed E-state index contributed by atoms with van der Waals surface area (Å²) < 4.78 is 5.39. The molecule has 3 heteroatoms. The van der Waals surface area contributed by atoms with Crippen molar-refractivity contribution >= 4 is 0 Å². The van der Waals surface area contributed by atoms with E-state index in [0.29, 0.717) is 12.5 Å². The molecule has 3 nitrogen and oxygen atoms in total. The molecule has 0 aromatic carbocycles. The Hall–Kier alpha value is -0.120. The van der Waals surface area contributed by atoms with Crippen molar-refractivity contribution < 1.29 is 9.84 Å². The molecule has 0 unspecified atom stereocenters. The topological polar surface area (TPSA) is 41.5 Å². The lowest BCUT2D eigenvalue weighted by atomic mass is 10.2. The molecule has 0 aliphatic carbocycles. The number of aliphatic hydroxyl groups excluding tert-OH is 1. The van der Waals surface area contributed by atoms with Crippen LogP contribution in [0.3, 0.4) is 0 Å². The highest BCUT2D eigenvalue weighted by atomic mass is 16.5. The molecule has 0 fully saturated rings. The van der Waals surface area contributed by atoms with E-state index in [-0.39, 0.29) is 0 Å². The van der Waals surface area contributed by atoms with Crippen molar-refractivity contribution in [3.05, 3.63) is 0 Å². The molecule has 0 bridgehead atoms. The van der Waals surface area contributed by atoms with Gasteiger partial charge in [-0.05, 0) is 25.3 Å². The van der Waals surface area contributed by atoms with Gasteiger partial charge in [-0.1, -0.05) is 13.8 Å². The third-order valence-electron chi connectivity index (χ3n) is 1.64. The Labute approximate surface area is 81.5 Å². The lowest BCUT2D eigenvalue weighted by Gasteiger charge is -2.07. The van der Waals surface area contributed by atoms with Crippen molar-refractivity contribution in [3.8, 4) is 0 Å². The number of unbranched alkanes of at least 4 members (excludes halogenated alkanes) is 1. The Morgan fingerprint density at radius 3 is 2.62 bits per heavy atom. The first-order valence-corrected chi connectivity index (χ1v) is 5.16. The zero-order valence-corrected chi connectivity index (χ0v) is 8.88. The highest BCUT2D eigenvalue weighted by molar-refractivity contribution is 4.47. The van der Waals surface area contributed by atoms with Crippen molar-refractivity contribution in [1.82, 2.24) is 5.32 Å². The Kier molecular flexibility index (Phi) is 9.87. The van der Waals surface area contributed by atoms with E-state index in [1.165, 1.54) is 0 Å². The Balaban J connectivity index is 2.84. The third-order valence-corrected chi connectivity index (χ3v) is 1.64. The van der Waals surface area contributed by atoms with E-state index in [0.717, 1.165) is 39.1 Å². The first-order chi connectivity index (χ1) is 6.27. The third kappa shape index (κ3) is 11.9. The van der Waals surface area contributed by atoms with Gasteiger partial charge in [-0.25, -0.2) is 0 Å². The summed E-state index contributed by atoms with van der Waals surface area (Å²) in [6, 6.07) is 0. The monoisotopic (exact) mass is 189 g/mol. The van der Waals surface area contributed by atoms with Gasteiger partial charge in [0.2, 0.25) is 0 Å². The van der Waals surface area contributed by atoms with Crippen LogP contribution < -0.4 is 5.32 Å². The van der Waals surface area contributed by atoms with Gasteiger partial charge >= 0.3 is 0 Å². The predicted octanol–water partition coefficient (Wildman–Crippen LogP) is 1.02. The van der Waals surface area contributed by atoms with Crippen molar-refractivity contribution in [2.24, 2.45) is 5.92 Å². The summed E-state index contributed by atoms with van der Waals surface area (Å²) >= 11 is 0. The Bertz CT molecular complexity index is 96.9. The first-order valence-electron chi connectivity index (χ1n) is 5.16. The molecule has 0 saturated carbocycles. The largest absolute Gasteiger partial charge is 0.396 e. The van der Waals surface area contributed by atoms with Crippen molar-refractivity contribution in [2.45, 2.75) is 26.7 Å². The lowest BCUT2D eigenvalue weighted by molar-refractivity contribution is 0.112. The van der Waals surface area contributed by atoms with Gasteiger partial charge in [-0.2, -0.15) is 0 Å². The molecule has 0 aromatic heterocycles. The van der Waals surface area contributed by atoms with Crippen LogP contribution in [0.15, 0.2) is 0 Å². The molecule has 2 N–H and O–H groups in total. The number of rotatable bonds is 9. The van der Waals surface area contributed by atoms with Crippen LogP contribution in [0.2, 0.25) is 0 Å². The molecule has 0 saturated heterocycles. The smallest absolute Gasteiger partial charge is 0.0591 e. The van der Waals surface area contributed by atoms with E-state index in [1.807, 2.05) is 0 Å². The second-order valence-electron chi connectivity index (χ2n) is 3.65. The van der Waals surface area contributed by atoms with Gasteiger partial charge in [0.15, 0.2) is 0 Å². The average molecular weight is 189 g/mol. The molecular weight excluding hydrogens is 166 g/mol. The average Bonchev–Trinajstić information content (AvgIpc) is 2.09. The molecule has 0 atom stereocenters. The minimum absolute atomic E-state index is 0.297. The first kappa shape index (κ1) is 12.9. The zero-order chi connectivity index (χ0) is 9.94. The van der Waals surface area contributed by atoms with Gasteiger partial charge in [-0.3, -0.25) is 0 Å². The van der Waals surface area contributed by atoms with Gasteiger partial charge < -0.3 is 15.2 Å². The minimum Gasteiger partial charge on any atom is -0.396 e. The SMILES string of the molecule is CC(C)COCCNCCCCO. The fourth-order valence-electron chi connectivity index (χ4n) is 0.950. The van der Waals surface area contributed by atoms with Gasteiger partial charge in [0.25, 0.3) is 0 Å². The van der Waals surface area contributed by atoms with Gasteiger partial charge in [0.05, 0.1) is 6.61 Å². The molecule has 13 heavy (non-hydrogen) atoms. The highest BCUT2D eigenvalue weighted by Gasteiger charge is 1.93. The van der Waals surface area contributed by atoms with Crippen LogP contribution in [0, 0.1) is 5.92 Å². The number of aliphatic hydroxyl groups is 1. The van der Waals surface area contributed by atoms with Crippen LogP contribution in [0.25, 0.3) is 0 Å². The van der Waals surface area contributed by atoms with Crippen LogP contribution >= 0.6 is 0 Å². The molecule has 0 aliphatic heterocycles. The molecule has 0 rings (SSSR count). The molecule has 0 amide bonds. The second-order valence-corrected chi connectivity index (χ2v) is 3.65.